The number of benzene rings is 1. The first-order valence-corrected chi connectivity index (χ1v) is 6.94. The van der Waals surface area contributed by atoms with Gasteiger partial charge >= 0.3 is 5.97 Å². The Hall–Kier alpha value is -1.84. The van der Waals surface area contributed by atoms with E-state index in [1.165, 1.54) is 0 Å². The van der Waals surface area contributed by atoms with Crippen molar-refractivity contribution in [3.63, 3.8) is 0 Å². The molecular formula is C16H23NO3. The third-order valence-corrected chi connectivity index (χ3v) is 3.67. The van der Waals surface area contributed by atoms with Gasteiger partial charge in [-0.1, -0.05) is 51.1 Å². The highest BCUT2D eigenvalue weighted by molar-refractivity contribution is 5.86. The van der Waals surface area contributed by atoms with Gasteiger partial charge in [0, 0.05) is 5.41 Å². The lowest BCUT2D eigenvalue weighted by Crippen LogP contribution is -2.46. The quantitative estimate of drug-likeness (QED) is 0.805. The normalized spacial score (nSPS) is 12.8. The zero-order chi connectivity index (χ0) is 15.2. The number of hydrogen-bond donors (Lipinski definition) is 2. The van der Waals surface area contributed by atoms with Gasteiger partial charge in [0.1, 0.15) is 6.04 Å². The standard InChI is InChI=1S/C16H23NO3/c1-4-16(2,3)15(20)17-13(14(18)19)11-10-12-8-6-5-7-9-12/h5-9,13H,4,10-11H2,1-3H3,(H,17,20)(H,18,19)/t13-/m0/s1. The fourth-order valence-corrected chi connectivity index (χ4v) is 1.73. The minimum atomic E-state index is -0.985. The van der Waals surface area contributed by atoms with Crippen molar-refractivity contribution in [3.05, 3.63) is 35.9 Å². The molecule has 0 fully saturated rings. The molecule has 2 N–H and O–H groups in total. The van der Waals surface area contributed by atoms with Gasteiger partial charge < -0.3 is 10.4 Å². The van der Waals surface area contributed by atoms with Crippen molar-refractivity contribution in [2.45, 2.75) is 46.1 Å². The lowest BCUT2D eigenvalue weighted by atomic mass is 9.88. The SMILES string of the molecule is CCC(C)(C)C(=O)N[C@@H](CCc1ccccc1)C(=O)O. The molecule has 4 heteroatoms. The molecule has 0 aromatic heterocycles. The summed E-state index contributed by atoms with van der Waals surface area (Å²) in [4.78, 5) is 23.3. The van der Waals surface area contributed by atoms with Gasteiger partial charge in [-0.3, -0.25) is 4.79 Å². The topological polar surface area (TPSA) is 66.4 Å². The van der Waals surface area contributed by atoms with Crippen LogP contribution in [0.1, 0.15) is 39.2 Å². The molecule has 20 heavy (non-hydrogen) atoms. The predicted octanol–water partition coefficient (Wildman–Crippen LogP) is 2.62. The van der Waals surface area contributed by atoms with E-state index in [-0.39, 0.29) is 5.91 Å². The van der Waals surface area contributed by atoms with Crippen molar-refractivity contribution >= 4 is 11.9 Å². The van der Waals surface area contributed by atoms with Crippen LogP contribution in [-0.4, -0.2) is 23.0 Å². The largest absolute Gasteiger partial charge is 0.480 e. The van der Waals surface area contributed by atoms with E-state index in [0.29, 0.717) is 19.3 Å². The maximum absolute atomic E-state index is 12.0. The first-order valence-electron chi connectivity index (χ1n) is 6.94. The van der Waals surface area contributed by atoms with E-state index < -0.39 is 17.4 Å². The summed E-state index contributed by atoms with van der Waals surface area (Å²) < 4.78 is 0. The average Bonchev–Trinajstić information content (AvgIpc) is 2.43. The van der Waals surface area contributed by atoms with E-state index in [4.69, 9.17) is 0 Å². The summed E-state index contributed by atoms with van der Waals surface area (Å²) in [6, 6.07) is 8.83. The van der Waals surface area contributed by atoms with Crippen LogP contribution in [0.15, 0.2) is 30.3 Å². The lowest BCUT2D eigenvalue weighted by Gasteiger charge is -2.24. The summed E-state index contributed by atoms with van der Waals surface area (Å²) in [6.07, 6.45) is 1.69. The molecule has 4 nitrogen and oxygen atoms in total. The minimum Gasteiger partial charge on any atom is -0.480 e. The molecule has 0 aliphatic rings. The Morgan fingerprint density at radius 2 is 1.85 bits per heavy atom. The van der Waals surface area contributed by atoms with Crippen molar-refractivity contribution in [1.82, 2.24) is 5.32 Å². The maximum Gasteiger partial charge on any atom is 0.326 e. The second-order valence-corrected chi connectivity index (χ2v) is 5.63. The number of aryl methyl sites for hydroxylation is 1. The van der Waals surface area contributed by atoms with Crippen molar-refractivity contribution in [3.8, 4) is 0 Å². The summed E-state index contributed by atoms with van der Waals surface area (Å²) in [5.74, 6) is -1.19. The summed E-state index contributed by atoms with van der Waals surface area (Å²) in [5, 5.41) is 11.9. The molecule has 0 aliphatic carbocycles. The molecule has 1 amide bonds. The number of nitrogens with one attached hydrogen (secondary N) is 1. The minimum absolute atomic E-state index is 0.208. The number of amides is 1. The number of aliphatic carboxylic acids is 1. The van der Waals surface area contributed by atoms with Crippen molar-refractivity contribution < 1.29 is 14.7 Å². The highest BCUT2D eigenvalue weighted by Gasteiger charge is 2.29. The summed E-state index contributed by atoms with van der Waals surface area (Å²) >= 11 is 0. The molecule has 0 saturated heterocycles. The van der Waals surface area contributed by atoms with Gasteiger partial charge in [-0.05, 0) is 24.8 Å². The molecule has 1 atom stereocenters. The van der Waals surface area contributed by atoms with Gasteiger partial charge in [-0.15, -0.1) is 0 Å². The van der Waals surface area contributed by atoms with Gasteiger partial charge in [-0.2, -0.15) is 0 Å². The van der Waals surface area contributed by atoms with E-state index in [1.54, 1.807) is 0 Å². The molecule has 0 aliphatic heterocycles. The van der Waals surface area contributed by atoms with Gasteiger partial charge in [0.25, 0.3) is 0 Å². The molecule has 0 radical (unpaired) electrons. The molecule has 0 heterocycles. The van der Waals surface area contributed by atoms with Gasteiger partial charge in [0.15, 0.2) is 0 Å². The molecule has 1 aromatic rings. The molecular weight excluding hydrogens is 254 g/mol. The van der Waals surface area contributed by atoms with Crippen molar-refractivity contribution in [1.29, 1.82) is 0 Å². The second-order valence-electron chi connectivity index (χ2n) is 5.63. The molecule has 0 saturated carbocycles. The number of rotatable bonds is 7. The zero-order valence-corrected chi connectivity index (χ0v) is 12.3. The van der Waals surface area contributed by atoms with Crippen LogP contribution in [0.5, 0.6) is 0 Å². The van der Waals surface area contributed by atoms with Crippen LogP contribution in [0.4, 0.5) is 0 Å². The van der Waals surface area contributed by atoms with E-state index in [9.17, 15) is 14.7 Å². The average molecular weight is 277 g/mol. The van der Waals surface area contributed by atoms with Crippen LogP contribution < -0.4 is 5.32 Å². The van der Waals surface area contributed by atoms with Crippen LogP contribution in [0.25, 0.3) is 0 Å². The Morgan fingerprint density at radius 3 is 2.35 bits per heavy atom. The molecule has 1 aromatic carbocycles. The number of carboxylic acid groups (broad SMARTS) is 1. The summed E-state index contributed by atoms with van der Waals surface area (Å²) in [5.41, 5.74) is 0.531. The monoisotopic (exact) mass is 277 g/mol. The molecule has 1 rings (SSSR count). The van der Waals surface area contributed by atoms with E-state index in [1.807, 2.05) is 51.1 Å². The van der Waals surface area contributed by atoms with Crippen LogP contribution in [0.2, 0.25) is 0 Å². The molecule has 0 unspecified atom stereocenters. The maximum atomic E-state index is 12.0. The lowest BCUT2D eigenvalue weighted by molar-refractivity contribution is -0.143. The van der Waals surface area contributed by atoms with Crippen molar-refractivity contribution in [2.75, 3.05) is 0 Å². The van der Waals surface area contributed by atoms with Gasteiger partial charge in [0.2, 0.25) is 5.91 Å². The Kier molecular flexibility index (Phi) is 5.74. The van der Waals surface area contributed by atoms with Crippen LogP contribution in [0, 0.1) is 5.41 Å². The van der Waals surface area contributed by atoms with Crippen LogP contribution in [-0.2, 0) is 16.0 Å². The smallest absolute Gasteiger partial charge is 0.326 e. The summed E-state index contributed by atoms with van der Waals surface area (Å²) in [6.45, 7) is 5.55. The highest BCUT2D eigenvalue weighted by Crippen LogP contribution is 2.20. The number of carbonyl (C=O) groups is 2. The number of hydrogen-bond acceptors (Lipinski definition) is 2. The molecule has 0 bridgehead atoms. The van der Waals surface area contributed by atoms with E-state index >= 15 is 0 Å². The van der Waals surface area contributed by atoms with Gasteiger partial charge in [0.05, 0.1) is 0 Å². The second kappa shape index (κ2) is 7.08. The van der Waals surface area contributed by atoms with Crippen molar-refractivity contribution in [2.24, 2.45) is 5.41 Å². The Bertz CT molecular complexity index is 454. The zero-order valence-electron chi connectivity index (χ0n) is 12.3. The Labute approximate surface area is 120 Å². The fourth-order valence-electron chi connectivity index (χ4n) is 1.73. The Balaban J connectivity index is 2.62. The highest BCUT2D eigenvalue weighted by atomic mass is 16.4. The molecule has 110 valence electrons. The number of carbonyl (C=O) groups excluding carboxylic acids is 1. The van der Waals surface area contributed by atoms with Crippen LogP contribution >= 0.6 is 0 Å². The van der Waals surface area contributed by atoms with E-state index in [0.717, 1.165) is 5.56 Å². The predicted molar refractivity (Wildman–Crippen MR) is 78.4 cm³/mol. The Morgan fingerprint density at radius 1 is 1.25 bits per heavy atom. The van der Waals surface area contributed by atoms with Crippen LogP contribution in [0.3, 0.4) is 0 Å². The third-order valence-electron chi connectivity index (χ3n) is 3.67. The first-order chi connectivity index (χ1) is 9.36. The van der Waals surface area contributed by atoms with E-state index in [2.05, 4.69) is 5.32 Å². The number of carboxylic acids is 1. The summed E-state index contributed by atoms with van der Waals surface area (Å²) in [7, 11) is 0. The third kappa shape index (κ3) is 4.68. The fraction of sp³-hybridized carbons (Fsp3) is 0.500. The van der Waals surface area contributed by atoms with Gasteiger partial charge in [-0.25, -0.2) is 4.79 Å². The molecule has 0 spiro atoms. The first kappa shape index (κ1) is 16.2.